The van der Waals surface area contributed by atoms with Crippen molar-refractivity contribution in [1.29, 1.82) is 0 Å². The predicted octanol–water partition coefficient (Wildman–Crippen LogP) is 1.53. The van der Waals surface area contributed by atoms with Crippen molar-refractivity contribution in [3.05, 3.63) is 37.0 Å². The molecule has 0 spiro atoms. The van der Waals surface area contributed by atoms with E-state index in [1.807, 2.05) is 0 Å². The fourth-order valence-electron chi connectivity index (χ4n) is 0.396. The maximum atomic E-state index is 8.82. The molecule has 0 aromatic heterocycles. The molecule has 0 bridgehead atoms. The predicted molar refractivity (Wildman–Crippen MR) is 43.5 cm³/mol. The Balaban J connectivity index is 4.13. The van der Waals surface area contributed by atoms with Gasteiger partial charge < -0.3 is 5.11 Å². The lowest BCUT2D eigenvalue weighted by Crippen LogP contribution is -1.97. The zero-order valence-electron chi connectivity index (χ0n) is 5.12. The van der Waals surface area contributed by atoms with Crippen LogP contribution < -0.4 is 0 Å². The van der Waals surface area contributed by atoms with E-state index in [9.17, 15) is 0 Å². The van der Waals surface area contributed by atoms with Crippen LogP contribution in [0.5, 0.6) is 0 Å². The lowest BCUT2D eigenvalue weighted by atomic mass is 10.2. The molecule has 9 heavy (non-hydrogen) atoms. The topological polar surface area (TPSA) is 20.2 Å². The molecule has 0 aliphatic rings. The van der Waals surface area contributed by atoms with Crippen LogP contribution in [0.4, 0.5) is 0 Å². The summed E-state index contributed by atoms with van der Waals surface area (Å²) < 4.78 is 0. The monoisotopic (exact) mass is 142 g/mol. The smallest absolute Gasteiger partial charge is 0.122 e. The third-order valence-electron chi connectivity index (χ3n) is 0.844. The normalized spacial score (nSPS) is 14.7. The number of rotatable bonds is 3. The molecule has 0 radical (unpaired) electrons. The molecule has 0 aromatic carbocycles. The highest BCUT2D eigenvalue weighted by Gasteiger charge is 1.96. The molecule has 0 aromatic rings. The summed E-state index contributed by atoms with van der Waals surface area (Å²) in [5.74, 6) is 0. The number of aliphatic hydroxyl groups is 1. The van der Waals surface area contributed by atoms with Gasteiger partial charge in [0.05, 0.1) is 0 Å². The van der Waals surface area contributed by atoms with Crippen LogP contribution in [0.3, 0.4) is 0 Å². The summed E-state index contributed by atoms with van der Waals surface area (Å²) in [5.41, 5.74) is -0.0890. The maximum absolute atomic E-state index is 8.82. The van der Waals surface area contributed by atoms with E-state index < -0.39 is 5.44 Å². The molecule has 0 saturated heterocycles. The number of allylic oxidation sites excluding steroid dienone is 2. The minimum absolute atomic E-state index is 0.660. The molecule has 1 N–H and O–H groups in total. The quantitative estimate of drug-likeness (QED) is 0.348. The second-order valence-corrected chi connectivity index (χ2v) is 1.97. The highest BCUT2D eigenvalue weighted by molar-refractivity contribution is 7.81. The van der Waals surface area contributed by atoms with Crippen LogP contribution in [0.1, 0.15) is 0 Å². The number of hydrogen-bond donors (Lipinski definition) is 2. The molecule has 0 heterocycles. The summed E-state index contributed by atoms with van der Waals surface area (Å²) in [6.07, 6.45) is 4.78. The average molecular weight is 142 g/mol. The van der Waals surface area contributed by atoms with Crippen molar-refractivity contribution < 1.29 is 5.11 Å². The summed E-state index contributed by atoms with van der Waals surface area (Å²) in [6, 6.07) is 0. The molecule has 0 rings (SSSR count). The van der Waals surface area contributed by atoms with Crippen molar-refractivity contribution >= 4 is 12.6 Å². The molecule has 1 atom stereocenters. The highest BCUT2D eigenvalue weighted by Crippen LogP contribution is 2.06. The Morgan fingerprint density at radius 3 is 2.22 bits per heavy atom. The summed E-state index contributed by atoms with van der Waals surface area (Å²) in [6.45, 7) is 6.94. The molecule has 0 fully saturated rings. The SMILES string of the molecule is C=C/C=C(\C=C)C(O)S. The lowest BCUT2D eigenvalue weighted by Gasteiger charge is -2.00. The Bertz CT molecular complexity index is 136. The van der Waals surface area contributed by atoms with E-state index in [2.05, 4.69) is 25.8 Å². The van der Waals surface area contributed by atoms with Gasteiger partial charge in [-0.25, -0.2) is 0 Å². The van der Waals surface area contributed by atoms with Crippen molar-refractivity contribution in [3.8, 4) is 0 Å². The van der Waals surface area contributed by atoms with Crippen molar-refractivity contribution in [2.24, 2.45) is 0 Å². The minimum Gasteiger partial charge on any atom is -0.378 e. The van der Waals surface area contributed by atoms with Gasteiger partial charge in [-0.15, -0.1) is 12.6 Å². The number of thiol groups is 1. The highest BCUT2D eigenvalue weighted by atomic mass is 32.1. The Kier molecular flexibility index (Phi) is 4.18. The van der Waals surface area contributed by atoms with E-state index in [1.54, 1.807) is 18.2 Å². The molecule has 0 amide bonds. The standard InChI is InChI=1S/C7H10OS/c1-3-5-6(4-2)7(8)9/h3-5,7-9H,1-2H2/b6-5+. The largest absolute Gasteiger partial charge is 0.378 e. The van der Waals surface area contributed by atoms with Crippen molar-refractivity contribution in [1.82, 2.24) is 0 Å². The van der Waals surface area contributed by atoms with Gasteiger partial charge in [0.2, 0.25) is 0 Å². The lowest BCUT2D eigenvalue weighted by molar-refractivity contribution is 0.304. The van der Waals surface area contributed by atoms with E-state index in [-0.39, 0.29) is 0 Å². The van der Waals surface area contributed by atoms with Gasteiger partial charge in [0.1, 0.15) is 5.44 Å². The first-order valence-electron chi connectivity index (χ1n) is 2.53. The van der Waals surface area contributed by atoms with Gasteiger partial charge in [0, 0.05) is 0 Å². The molecule has 0 aliphatic heterocycles. The van der Waals surface area contributed by atoms with Crippen molar-refractivity contribution in [2.45, 2.75) is 5.44 Å². The maximum Gasteiger partial charge on any atom is 0.122 e. The van der Waals surface area contributed by atoms with Gasteiger partial charge in [-0.3, -0.25) is 0 Å². The van der Waals surface area contributed by atoms with Gasteiger partial charge >= 0.3 is 0 Å². The van der Waals surface area contributed by atoms with Gasteiger partial charge in [-0.2, -0.15) is 0 Å². The van der Waals surface area contributed by atoms with E-state index >= 15 is 0 Å². The molecule has 0 aliphatic carbocycles. The molecule has 1 nitrogen and oxygen atoms in total. The zero-order chi connectivity index (χ0) is 7.28. The Hall–Kier alpha value is -0.470. The minimum atomic E-state index is -0.750. The number of aliphatic hydroxyl groups excluding tert-OH is 1. The fraction of sp³-hybridized carbons (Fsp3) is 0.143. The van der Waals surface area contributed by atoms with Gasteiger partial charge in [-0.05, 0) is 5.57 Å². The van der Waals surface area contributed by atoms with E-state index in [4.69, 9.17) is 5.11 Å². The summed E-state index contributed by atoms with van der Waals surface area (Å²) in [7, 11) is 0. The van der Waals surface area contributed by atoms with Crippen molar-refractivity contribution in [3.63, 3.8) is 0 Å². The average Bonchev–Trinajstić information content (AvgIpc) is 1.82. The summed E-state index contributed by atoms with van der Waals surface area (Å²) >= 11 is 3.78. The van der Waals surface area contributed by atoms with Crippen LogP contribution in [-0.4, -0.2) is 10.5 Å². The summed E-state index contributed by atoms with van der Waals surface area (Å²) in [5, 5.41) is 8.82. The Morgan fingerprint density at radius 1 is 1.56 bits per heavy atom. The van der Waals surface area contributed by atoms with E-state index in [1.165, 1.54) is 0 Å². The van der Waals surface area contributed by atoms with Crippen LogP contribution in [0.25, 0.3) is 0 Å². The third kappa shape index (κ3) is 3.16. The first-order valence-corrected chi connectivity index (χ1v) is 3.05. The number of hydrogen-bond acceptors (Lipinski definition) is 2. The van der Waals surface area contributed by atoms with Crippen LogP contribution in [0.2, 0.25) is 0 Å². The molecular formula is C7H10OS. The third-order valence-corrected chi connectivity index (χ3v) is 1.14. The van der Waals surface area contributed by atoms with Gasteiger partial charge in [-0.1, -0.05) is 31.4 Å². The molecule has 50 valence electrons. The van der Waals surface area contributed by atoms with E-state index in [0.717, 1.165) is 0 Å². The molecular weight excluding hydrogens is 132 g/mol. The van der Waals surface area contributed by atoms with Crippen LogP contribution >= 0.6 is 12.6 Å². The molecule has 1 unspecified atom stereocenters. The molecule has 0 saturated carbocycles. The van der Waals surface area contributed by atoms with Crippen LogP contribution in [0.15, 0.2) is 37.0 Å². The molecule has 2 heteroatoms. The first-order chi connectivity index (χ1) is 4.22. The van der Waals surface area contributed by atoms with Gasteiger partial charge in [0.25, 0.3) is 0 Å². The van der Waals surface area contributed by atoms with E-state index in [0.29, 0.717) is 5.57 Å². The second-order valence-electron chi connectivity index (χ2n) is 1.48. The zero-order valence-corrected chi connectivity index (χ0v) is 6.01. The van der Waals surface area contributed by atoms with Crippen molar-refractivity contribution in [2.75, 3.05) is 0 Å². The Morgan fingerprint density at radius 2 is 2.11 bits per heavy atom. The second kappa shape index (κ2) is 4.41. The van der Waals surface area contributed by atoms with Crippen LogP contribution in [0, 0.1) is 0 Å². The van der Waals surface area contributed by atoms with Crippen LogP contribution in [-0.2, 0) is 0 Å². The first kappa shape index (κ1) is 8.53. The Labute approximate surface area is 60.8 Å². The fourth-order valence-corrected chi connectivity index (χ4v) is 0.587. The van der Waals surface area contributed by atoms with Gasteiger partial charge in [0.15, 0.2) is 0 Å². The summed E-state index contributed by atoms with van der Waals surface area (Å²) in [4.78, 5) is 0.